The molecule has 0 amide bonds. The highest BCUT2D eigenvalue weighted by Gasteiger charge is 2.10. The molecule has 1 N–H and O–H groups in total. The Morgan fingerprint density at radius 1 is 1.47 bits per heavy atom. The maximum Gasteiger partial charge on any atom is 0.124 e. The maximum absolute atomic E-state index is 12.9. The highest BCUT2D eigenvalue weighted by Crippen LogP contribution is 2.31. The van der Waals surface area contributed by atoms with Gasteiger partial charge in [0, 0.05) is 9.58 Å². The van der Waals surface area contributed by atoms with E-state index in [1.54, 1.807) is 12.1 Å². The van der Waals surface area contributed by atoms with E-state index in [0.29, 0.717) is 6.42 Å². The highest BCUT2D eigenvalue weighted by molar-refractivity contribution is 7.19. The summed E-state index contributed by atoms with van der Waals surface area (Å²) >= 11 is 1.42. The lowest BCUT2D eigenvalue weighted by molar-refractivity contribution is 0.185. The summed E-state index contributed by atoms with van der Waals surface area (Å²) in [6.45, 7) is 3.58. The predicted molar refractivity (Wildman–Crippen MR) is 61.6 cm³/mol. The molecule has 0 bridgehead atoms. The van der Waals surface area contributed by atoms with Crippen LogP contribution < -0.4 is 0 Å². The molecule has 1 aromatic heterocycles. The fourth-order valence-corrected chi connectivity index (χ4v) is 2.55. The summed E-state index contributed by atoms with van der Waals surface area (Å²) in [6, 6.07) is 6.54. The average Bonchev–Trinajstić information content (AvgIpc) is 2.60. The van der Waals surface area contributed by atoms with E-state index < -0.39 is 6.10 Å². The van der Waals surface area contributed by atoms with Crippen molar-refractivity contribution in [3.63, 3.8) is 0 Å². The van der Waals surface area contributed by atoms with Crippen molar-refractivity contribution < 1.29 is 9.50 Å². The van der Waals surface area contributed by atoms with Gasteiger partial charge in [-0.25, -0.2) is 4.39 Å². The van der Waals surface area contributed by atoms with E-state index in [-0.39, 0.29) is 5.82 Å². The van der Waals surface area contributed by atoms with Crippen molar-refractivity contribution in [2.24, 2.45) is 0 Å². The molecule has 78 valence electrons. The number of hydrogen-bond donors (Lipinski definition) is 1. The van der Waals surface area contributed by atoms with Crippen molar-refractivity contribution in [1.82, 2.24) is 0 Å². The van der Waals surface area contributed by atoms with Gasteiger partial charge in [-0.05, 0) is 30.0 Å². The van der Waals surface area contributed by atoms with Gasteiger partial charge in [0.1, 0.15) is 5.82 Å². The molecule has 0 fully saturated rings. The molecule has 15 heavy (non-hydrogen) atoms. The number of halogens is 1. The van der Waals surface area contributed by atoms with Crippen LogP contribution in [0.2, 0.25) is 0 Å². The lowest BCUT2D eigenvalue weighted by Gasteiger charge is -2.02. The van der Waals surface area contributed by atoms with E-state index in [1.807, 2.05) is 6.07 Å². The standard InChI is InChI=1S/C12H11FOS/c1-2-3-10(14)12-6-8-4-5-9(13)7-11(8)15-12/h2,4-7,10,14H,1,3H2. The molecule has 1 nitrogen and oxygen atoms in total. The van der Waals surface area contributed by atoms with Crippen LogP contribution in [0.4, 0.5) is 4.39 Å². The molecule has 1 heterocycles. The highest BCUT2D eigenvalue weighted by atomic mass is 32.1. The van der Waals surface area contributed by atoms with Gasteiger partial charge in [-0.2, -0.15) is 0 Å². The fraction of sp³-hybridized carbons (Fsp3) is 0.167. The lowest BCUT2D eigenvalue weighted by atomic mass is 10.2. The van der Waals surface area contributed by atoms with Crippen LogP contribution in [-0.2, 0) is 0 Å². The van der Waals surface area contributed by atoms with Gasteiger partial charge in [0.05, 0.1) is 6.10 Å². The smallest absolute Gasteiger partial charge is 0.124 e. The van der Waals surface area contributed by atoms with Gasteiger partial charge < -0.3 is 5.11 Å². The predicted octanol–water partition coefficient (Wildman–Crippen LogP) is 3.65. The van der Waals surface area contributed by atoms with Crippen LogP contribution in [0.15, 0.2) is 36.9 Å². The van der Waals surface area contributed by atoms with E-state index in [1.165, 1.54) is 23.5 Å². The van der Waals surface area contributed by atoms with Crippen LogP contribution in [0.5, 0.6) is 0 Å². The van der Waals surface area contributed by atoms with E-state index >= 15 is 0 Å². The van der Waals surface area contributed by atoms with Crippen molar-refractivity contribution in [1.29, 1.82) is 0 Å². The van der Waals surface area contributed by atoms with Crippen molar-refractivity contribution in [2.75, 3.05) is 0 Å². The van der Waals surface area contributed by atoms with Crippen LogP contribution >= 0.6 is 11.3 Å². The Labute approximate surface area is 91.5 Å². The van der Waals surface area contributed by atoms with Gasteiger partial charge in [-0.1, -0.05) is 12.1 Å². The summed E-state index contributed by atoms with van der Waals surface area (Å²) < 4.78 is 13.8. The van der Waals surface area contributed by atoms with Crippen molar-refractivity contribution in [2.45, 2.75) is 12.5 Å². The van der Waals surface area contributed by atoms with Crippen LogP contribution in [0.1, 0.15) is 17.4 Å². The molecular weight excluding hydrogens is 211 g/mol. The van der Waals surface area contributed by atoms with Gasteiger partial charge in [0.15, 0.2) is 0 Å². The first-order valence-corrected chi connectivity index (χ1v) is 5.50. The summed E-state index contributed by atoms with van der Waals surface area (Å²) in [6.07, 6.45) is 1.67. The number of aliphatic hydroxyl groups excluding tert-OH is 1. The van der Waals surface area contributed by atoms with E-state index in [9.17, 15) is 9.50 Å². The molecule has 0 aliphatic heterocycles. The van der Waals surface area contributed by atoms with Crippen LogP contribution in [0.25, 0.3) is 10.1 Å². The van der Waals surface area contributed by atoms with E-state index in [0.717, 1.165) is 15.0 Å². The van der Waals surface area contributed by atoms with Gasteiger partial charge in [-0.3, -0.25) is 0 Å². The molecule has 3 heteroatoms. The second-order valence-electron chi connectivity index (χ2n) is 3.37. The number of benzene rings is 1. The molecule has 1 unspecified atom stereocenters. The average molecular weight is 222 g/mol. The topological polar surface area (TPSA) is 20.2 Å². The number of rotatable bonds is 3. The maximum atomic E-state index is 12.9. The fourth-order valence-electron chi connectivity index (χ4n) is 1.46. The van der Waals surface area contributed by atoms with Crippen LogP contribution in [0, 0.1) is 5.82 Å². The summed E-state index contributed by atoms with van der Waals surface area (Å²) in [7, 11) is 0. The molecule has 0 saturated heterocycles. The van der Waals surface area contributed by atoms with Gasteiger partial charge in [0.2, 0.25) is 0 Å². The van der Waals surface area contributed by atoms with E-state index in [2.05, 4.69) is 6.58 Å². The molecule has 0 aliphatic carbocycles. The zero-order chi connectivity index (χ0) is 10.8. The quantitative estimate of drug-likeness (QED) is 0.786. The first kappa shape index (κ1) is 10.3. The third-order valence-corrected chi connectivity index (χ3v) is 3.42. The largest absolute Gasteiger partial charge is 0.387 e. The van der Waals surface area contributed by atoms with Crippen molar-refractivity contribution in [3.05, 3.63) is 47.6 Å². The number of aliphatic hydroxyl groups is 1. The third-order valence-electron chi connectivity index (χ3n) is 2.22. The van der Waals surface area contributed by atoms with Crippen LogP contribution in [0.3, 0.4) is 0 Å². The first-order valence-electron chi connectivity index (χ1n) is 4.68. The minimum absolute atomic E-state index is 0.242. The molecule has 1 atom stereocenters. The Morgan fingerprint density at radius 2 is 2.27 bits per heavy atom. The minimum atomic E-state index is -0.525. The van der Waals surface area contributed by atoms with E-state index in [4.69, 9.17) is 0 Å². The molecule has 0 saturated carbocycles. The van der Waals surface area contributed by atoms with Crippen LogP contribution in [-0.4, -0.2) is 5.11 Å². The van der Waals surface area contributed by atoms with Gasteiger partial charge in [0.25, 0.3) is 0 Å². The Morgan fingerprint density at radius 3 is 3.00 bits per heavy atom. The lowest BCUT2D eigenvalue weighted by Crippen LogP contribution is -1.90. The molecule has 0 spiro atoms. The van der Waals surface area contributed by atoms with Crippen molar-refractivity contribution in [3.8, 4) is 0 Å². The monoisotopic (exact) mass is 222 g/mol. The summed E-state index contributed by atoms with van der Waals surface area (Å²) in [5, 5.41) is 10.7. The summed E-state index contributed by atoms with van der Waals surface area (Å²) in [4.78, 5) is 0.857. The molecule has 0 aliphatic rings. The zero-order valence-electron chi connectivity index (χ0n) is 8.11. The SMILES string of the molecule is C=CCC(O)c1cc2ccc(F)cc2s1. The second-order valence-corrected chi connectivity index (χ2v) is 4.49. The minimum Gasteiger partial charge on any atom is -0.387 e. The van der Waals surface area contributed by atoms with Gasteiger partial charge >= 0.3 is 0 Å². The molecule has 0 radical (unpaired) electrons. The Kier molecular flexibility index (Phi) is 2.84. The Bertz CT molecular complexity index is 489. The molecule has 2 rings (SSSR count). The third kappa shape index (κ3) is 2.08. The Balaban J connectivity index is 2.42. The molecule has 1 aromatic carbocycles. The number of hydrogen-bond acceptors (Lipinski definition) is 2. The number of fused-ring (bicyclic) bond motifs is 1. The molecular formula is C12H11FOS. The van der Waals surface area contributed by atoms with Crippen molar-refractivity contribution >= 4 is 21.4 Å². The number of thiophene rings is 1. The normalized spacial score (nSPS) is 12.9. The first-order chi connectivity index (χ1) is 7.20. The Hall–Kier alpha value is -1.19. The second kappa shape index (κ2) is 4.13. The molecule has 2 aromatic rings. The summed E-state index contributed by atoms with van der Waals surface area (Å²) in [5.41, 5.74) is 0. The summed E-state index contributed by atoms with van der Waals surface area (Å²) in [5.74, 6) is -0.242. The van der Waals surface area contributed by atoms with Gasteiger partial charge in [-0.15, -0.1) is 17.9 Å². The zero-order valence-corrected chi connectivity index (χ0v) is 8.93.